The Labute approximate surface area is 101 Å². The van der Waals surface area contributed by atoms with Gasteiger partial charge >= 0.3 is 0 Å². The van der Waals surface area contributed by atoms with Gasteiger partial charge in [0, 0.05) is 5.70 Å². The Kier molecular flexibility index (Phi) is 2.40. The highest BCUT2D eigenvalue weighted by Gasteiger charge is 2.36. The molecule has 1 saturated heterocycles. The van der Waals surface area contributed by atoms with Crippen molar-refractivity contribution in [1.29, 1.82) is 0 Å². The molecule has 1 aliphatic heterocycles. The SMILES string of the molecule is S=C1NC2C=CC=CC2N1C1=CC=CCC1. The Morgan fingerprint density at radius 3 is 2.94 bits per heavy atom. The van der Waals surface area contributed by atoms with Crippen molar-refractivity contribution in [3.63, 3.8) is 0 Å². The van der Waals surface area contributed by atoms with Crippen LogP contribution in [0.2, 0.25) is 0 Å². The molecule has 3 heteroatoms. The number of nitrogens with one attached hydrogen (secondary N) is 1. The van der Waals surface area contributed by atoms with Gasteiger partial charge in [0.2, 0.25) is 0 Å². The standard InChI is InChI=1S/C13H14N2S/c16-13-14-11-8-4-5-9-12(11)15(13)10-6-2-1-3-7-10/h1-2,4-6,8-9,11-12H,3,7H2,(H,14,16). The van der Waals surface area contributed by atoms with Crippen molar-refractivity contribution >= 4 is 17.3 Å². The highest BCUT2D eigenvalue weighted by Crippen LogP contribution is 2.27. The van der Waals surface area contributed by atoms with Crippen LogP contribution in [0.4, 0.5) is 0 Å². The molecule has 0 spiro atoms. The van der Waals surface area contributed by atoms with Crippen molar-refractivity contribution in [3.05, 3.63) is 48.2 Å². The molecule has 0 amide bonds. The van der Waals surface area contributed by atoms with E-state index in [2.05, 4.69) is 52.7 Å². The summed E-state index contributed by atoms with van der Waals surface area (Å²) in [6.07, 6.45) is 17.3. The molecule has 0 aromatic carbocycles. The predicted octanol–water partition coefficient (Wildman–Crippen LogP) is 2.27. The van der Waals surface area contributed by atoms with Crippen molar-refractivity contribution in [2.24, 2.45) is 0 Å². The van der Waals surface area contributed by atoms with Gasteiger partial charge in [0.1, 0.15) is 0 Å². The summed E-state index contributed by atoms with van der Waals surface area (Å²) in [4.78, 5) is 2.25. The van der Waals surface area contributed by atoms with Crippen LogP contribution in [0.5, 0.6) is 0 Å². The average Bonchev–Trinajstić information content (AvgIpc) is 2.66. The Morgan fingerprint density at radius 2 is 2.12 bits per heavy atom. The highest BCUT2D eigenvalue weighted by atomic mass is 32.1. The van der Waals surface area contributed by atoms with E-state index in [0.29, 0.717) is 12.1 Å². The molecule has 2 aliphatic carbocycles. The van der Waals surface area contributed by atoms with Gasteiger partial charge in [-0.3, -0.25) is 0 Å². The summed E-state index contributed by atoms with van der Waals surface area (Å²) in [5.41, 5.74) is 1.33. The van der Waals surface area contributed by atoms with E-state index in [1.807, 2.05) is 0 Å². The fraction of sp³-hybridized carbons (Fsp3) is 0.308. The molecule has 1 heterocycles. The van der Waals surface area contributed by atoms with E-state index >= 15 is 0 Å². The molecule has 0 aromatic heterocycles. The summed E-state index contributed by atoms with van der Waals surface area (Å²) < 4.78 is 0. The molecule has 2 atom stereocenters. The van der Waals surface area contributed by atoms with Gasteiger partial charge in [-0.1, -0.05) is 36.5 Å². The normalized spacial score (nSPS) is 31.4. The number of allylic oxidation sites excluding steroid dienone is 6. The number of nitrogens with zero attached hydrogens (tertiary/aromatic N) is 1. The van der Waals surface area contributed by atoms with Gasteiger partial charge < -0.3 is 10.2 Å². The Bertz CT molecular complexity index is 431. The van der Waals surface area contributed by atoms with Gasteiger partial charge in [-0.05, 0) is 31.1 Å². The zero-order valence-electron chi connectivity index (χ0n) is 8.97. The molecule has 0 saturated carbocycles. The van der Waals surface area contributed by atoms with E-state index in [4.69, 9.17) is 12.2 Å². The second-order valence-electron chi connectivity index (χ2n) is 4.23. The first-order valence-corrected chi connectivity index (χ1v) is 6.07. The molecule has 1 fully saturated rings. The molecule has 82 valence electrons. The Balaban J connectivity index is 1.92. The number of rotatable bonds is 1. The minimum absolute atomic E-state index is 0.337. The van der Waals surface area contributed by atoms with Crippen LogP contribution in [0, 0.1) is 0 Å². The second-order valence-corrected chi connectivity index (χ2v) is 4.62. The minimum Gasteiger partial charge on any atom is -0.354 e. The number of thiocarbonyl (C=S) groups is 1. The topological polar surface area (TPSA) is 15.3 Å². The average molecular weight is 230 g/mol. The van der Waals surface area contributed by atoms with Crippen LogP contribution in [-0.2, 0) is 0 Å². The molecular formula is C13H14N2S. The van der Waals surface area contributed by atoms with E-state index in [1.165, 1.54) is 5.70 Å². The van der Waals surface area contributed by atoms with Crippen molar-refractivity contribution in [2.45, 2.75) is 24.9 Å². The molecule has 1 N–H and O–H groups in total. The molecule has 2 unspecified atom stereocenters. The van der Waals surface area contributed by atoms with Gasteiger partial charge in [0.25, 0.3) is 0 Å². The zero-order chi connectivity index (χ0) is 11.0. The Hall–Kier alpha value is -1.35. The van der Waals surface area contributed by atoms with Crippen LogP contribution in [0.15, 0.2) is 48.2 Å². The first-order chi connectivity index (χ1) is 7.86. The maximum Gasteiger partial charge on any atom is 0.174 e. The van der Waals surface area contributed by atoms with E-state index in [0.717, 1.165) is 18.0 Å². The van der Waals surface area contributed by atoms with Gasteiger partial charge in [0.05, 0.1) is 12.1 Å². The fourth-order valence-electron chi connectivity index (χ4n) is 2.44. The zero-order valence-corrected chi connectivity index (χ0v) is 9.78. The molecule has 0 radical (unpaired) electrons. The Morgan fingerprint density at radius 1 is 1.25 bits per heavy atom. The number of hydrogen-bond acceptors (Lipinski definition) is 1. The van der Waals surface area contributed by atoms with Crippen LogP contribution < -0.4 is 5.32 Å². The van der Waals surface area contributed by atoms with Crippen LogP contribution in [0.1, 0.15) is 12.8 Å². The van der Waals surface area contributed by atoms with Gasteiger partial charge in [0.15, 0.2) is 5.11 Å². The summed E-state index contributed by atoms with van der Waals surface area (Å²) in [5.74, 6) is 0. The maximum atomic E-state index is 5.42. The first-order valence-electron chi connectivity index (χ1n) is 5.67. The van der Waals surface area contributed by atoms with E-state index in [1.54, 1.807) is 0 Å². The van der Waals surface area contributed by atoms with Crippen molar-refractivity contribution in [2.75, 3.05) is 0 Å². The van der Waals surface area contributed by atoms with Crippen LogP contribution in [0.3, 0.4) is 0 Å². The van der Waals surface area contributed by atoms with Crippen LogP contribution in [0.25, 0.3) is 0 Å². The van der Waals surface area contributed by atoms with Crippen molar-refractivity contribution < 1.29 is 0 Å². The van der Waals surface area contributed by atoms with E-state index in [9.17, 15) is 0 Å². The summed E-state index contributed by atoms with van der Waals surface area (Å²) in [6.45, 7) is 0. The fourth-order valence-corrected chi connectivity index (χ4v) is 2.81. The quantitative estimate of drug-likeness (QED) is 0.696. The molecule has 0 aromatic rings. The van der Waals surface area contributed by atoms with Crippen LogP contribution in [-0.4, -0.2) is 22.1 Å². The summed E-state index contributed by atoms with van der Waals surface area (Å²) in [7, 11) is 0. The number of fused-ring (bicyclic) bond motifs is 1. The monoisotopic (exact) mass is 230 g/mol. The van der Waals surface area contributed by atoms with Crippen molar-refractivity contribution in [1.82, 2.24) is 10.2 Å². The maximum absolute atomic E-state index is 5.42. The third-order valence-electron chi connectivity index (χ3n) is 3.21. The highest BCUT2D eigenvalue weighted by molar-refractivity contribution is 7.80. The van der Waals surface area contributed by atoms with Gasteiger partial charge in [-0.15, -0.1) is 0 Å². The van der Waals surface area contributed by atoms with Crippen LogP contribution >= 0.6 is 12.2 Å². The molecule has 3 rings (SSSR count). The van der Waals surface area contributed by atoms with E-state index in [-0.39, 0.29) is 0 Å². The summed E-state index contributed by atoms with van der Waals surface area (Å²) in [5, 5.41) is 4.21. The molecule has 16 heavy (non-hydrogen) atoms. The van der Waals surface area contributed by atoms with Crippen molar-refractivity contribution in [3.8, 4) is 0 Å². The molecule has 2 nitrogen and oxygen atoms in total. The lowest BCUT2D eigenvalue weighted by atomic mass is 10.0. The predicted molar refractivity (Wildman–Crippen MR) is 69.9 cm³/mol. The number of hydrogen-bond donors (Lipinski definition) is 1. The lowest BCUT2D eigenvalue weighted by Crippen LogP contribution is -2.34. The molecule has 3 aliphatic rings. The third-order valence-corrected chi connectivity index (χ3v) is 3.53. The van der Waals surface area contributed by atoms with E-state index < -0.39 is 0 Å². The lowest BCUT2D eigenvalue weighted by molar-refractivity contribution is 0.439. The molecular weight excluding hydrogens is 216 g/mol. The summed E-state index contributed by atoms with van der Waals surface area (Å²) in [6, 6.07) is 0.694. The largest absolute Gasteiger partial charge is 0.354 e. The third kappa shape index (κ3) is 1.52. The summed E-state index contributed by atoms with van der Waals surface area (Å²) >= 11 is 5.42. The second kappa shape index (κ2) is 3.91. The van der Waals surface area contributed by atoms with Gasteiger partial charge in [-0.2, -0.15) is 0 Å². The smallest absolute Gasteiger partial charge is 0.174 e. The van der Waals surface area contributed by atoms with Gasteiger partial charge in [-0.25, -0.2) is 0 Å². The lowest BCUT2D eigenvalue weighted by Gasteiger charge is -2.28. The molecule has 0 bridgehead atoms. The first kappa shape index (κ1) is 9.85. The minimum atomic E-state index is 0.337.